The fourth-order valence-corrected chi connectivity index (χ4v) is 1.43. The first-order valence-electron chi connectivity index (χ1n) is 3.87. The smallest absolute Gasteiger partial charge is 0.265 e. The van der Waals surface area contributed by atoms with Gasteiger partial charge in [-0.05, 0) is 28.1 Å². The summed E-state index contributed by atoms with van der Waals surface area (Å²) < 4.78 is 6.58. The van der Waals surface area contributed by atoms with Gasteiger partial charge in [-0.2, -0.15) is 4.98 Å². The van der Waals surface area contributed by atoms with Crippen LogP contribution in [0.25, 0.3) is 0 Å². The summed E-state index contributed by atoms with van der Waals surface area (Å²) in [7, 11) is 0. The van der Waals surface area contributed by atoms with Gasteiger partial charge in [-0.25, -0.2) is 0 Å². The molecule has 0 amide bonds. The molecule has 2 aromatic rings. The van der Waals surface area contributed by atoms with Gasteiger partial charge < -0.3 is 9.09 Å². The Kier molecular flexibility index (Phi) is 2.45. The molecule has 0 saturated carbocycles. The number of halogens is 1. The van der Waals surface area contributed by atoms with E-state index in [4.69, 9.17) is 0 Å². The van der Waals surface area contributed by atoms with Gasteiger partial charge in [0.15, 0.2) is 5.82 Å². The predicted molar refractivity (Wildman–Crippen MR) is 51.8 cm³/mol. The summed E-state index contributed by atoms with van der Waals surface area (Å²) in [5.41, 5.74) is -0.114. The van der Waals surface area contributed by atoms with Crippen LogP contribution in [0.15, 0.2) is 38.5 Å². The molecule has 6 heteroatoms. The van der Waals surface area contributed by atoms with Crippen LogP contribution in [0.4, 0.5) is 0 Å². The number of aromatic nitrogens is 3. The first-order valence-corrected chi connectivity index (χ1v) is 4.67. The van der Waals surface area contributed by atoms with Crippen LogP contribution in [-0.4, -0.2) is 14.7 Å². The average Bonchev–Trinajstić information content (AvgIpc) is 2.66. The van der Waals surface area contributed by atoms with E-state index >= 15 is 0 Å². The third kappa shape index (κ3) is 1.74. The second kappa shape index (κ2) is 3.75. The molecule has 0 bridgehead atoms. The molecule has 14 heavy (non-hydrogen) atoms. The minimum absolute atomic E-state index is 0.114. The van der Waals surface area contributed by atoms with E-state index in [1.807, 2.05) is 0 Å². The molecule has 0 fully saturated rings. The summed E-state index contributed by atoms with van der Waals surface area (Å²) in [6.07, 6.45) is 2.90. The van der Waals surface area contributed by atoms with Crippen molar-refractivity contribution in [3.63, 3.8) is 0 Å². The van der Waals surface area contributed by atoms with Crippen molar-refractivity contribution < 1.29 is 4.52 Å². The van der Waals surface area contributed by atoms with Crippen molar-refractivity contribution in [2.75, 3.05) is 0 Å². The van der Waals surface area contributed by atoms with Crippen molar-refractivity contribution >= 4 is 15.9 Å². The monoisotopic (exact) mass is 255 g/mol. The van der Waals surface area contributed by atoms with E-state index in [2.05, 4.69) is 30.6 Å². The zero-order valence-electron chi connectivity index (χ0n) is 7.05. The Bertz CT molecular complexity index is 478. The van der Waals surface area contributed by atoms with E-state index in [0.717, 1.165) is 0 Å². The van der Waals surface area contributed by atoms with Crippen LogP contribution in [-0.2, 0) is 6.54 Å². The molecular formula is C8H6BrN3O2. The standard InChI is InChI=1S/C8H6BrN3O2/c9-6-2-1-3-12(8(6)13)4-7-10-5-14-11-7/h1-3,5H,4H2. The second-order valence-electron chi connectivity index (χ2n) is 2.64. The fourth-order valence-electron chi connectivity index (χ4n) is 1.05. The topological polar surface area (TPSA) is 60.9 Å². The van der Waals surface area contributed by atoms with Crippen LogP contribution in [0, 0.1) is 0 Å². The summed E-state index contributed by atoms with van der Waals surface area (Å²) in [4.78, 5) is 15.4. The van der Waals surface area contributed by atoms with Crippen LogP contribution in [0.5, 0.6) is 0 Å². The Hall–Kier alpha value is -1.43. The normalized spacial score (nSPS) is 10.4. The third-order valence-electron chi connectivity index (χ3n) is 1.69. The Morgan fingerprint density at radius 1 is 1.57 bits per heavy atom. The highest BCUT2D eigenvalue weighted by Crippen LogP contribution is 2.01. The molecule has 0 N–H and O–H groups in total. The first-order chi connectivity index (χ1) is 6.77. The van der Waals surface area contributed by atoms with E-state index in [0.29, 0.717) is 16.8 Å². The summed E-state index contributed by atoms with van der Waals surface area (Å²) in [6, 6.07) is 3.46. The number of hydrogen-bond acceptors (Lipinski definition) is 4. The van der Waals surface area contributed by atoms with Crippen molar-refractivity contribution in [3.8, 4) is 0 Å². The fraction of sp³-hybridized carbons (Fsp3) is 0.125. The summed E-state index contributed by atoms with van der Waals surface area (Å²) in [6.45, 7) is 0.314. The van der Waals surface area contributed by atoms with E-state index in [9.17, 15) is 4.79 Å². The van der Waals surface area contributed by atoms with Gasteiger partial charge in [0.2, 0.25) is 6.39 Å². The molecule has 0 radical (unpaired) electrons. The molecule has 5 nitrogen and oxygen atoms in total. The SMILES string of the molecule is O=c1c(Br)cccn1Cc1ncon1. The Morgan fingerprint density at radius 3 is 3.14 bits per heavy atom. The molecule has 2 rings (SSSR count). The zero-order valence-corrected chi connectivity index (χ0v) is 8.64. The van der Waals surface area contributed by atoms with Crippen LogP contribution in [0.2, 0.25) is 0 Å². The van der Waals surface area contributed by atoms with Gasteiger partial charge in [0.25, 0.3) is 5.56 Å². The largest absolute Gasteiger partial charge is 0.343 e. The Labute approximate surface area is 87.5 Å². The molecular weight excluding hydrogens is 250 g/mol. The van der Waals surface area contributed by atoms with Gasteiger partial charge in [-0.3, -0.25) is 4.79 Å². The first kappa shape index (κ1) is 9.14. The maximum absolute atomic E-state index is 11.5. The molecule has 0 unspecified atom stereocenters. The molecule has 0 aliphatic heterocycles. The zero-order chi connectivity index (χ0) is 9.97. The van der Waals surface area contributed by atoms with Crippen LogP contribution in [0.3, 0.4) is 0 Å². The number of hydrogen-bond donors (Lipinski definition) is 0. The predicted octanol–water partition coefficient (Wildman–Crippen LogP) is 1.04. The van der Waals surface area contributed by atoms with E-state index in [1.165, 1.54) is 11.0 Å². The quantitative estimate of drug-likeness (QED) is 0.805. The molecule has 72 valence electrons. The molecule has 0 aliphatic carbocycles. The molecule has 2 aromatic heterocycles. The number of rotatable bonds is 2. The van der Waals surface area contributed by atoms with Gasteiger partial charge >= 0.3 is 0 Å². The van der Waals surface area contributed by atoms with Gasteiger partial charge in [0.1, 0.15) is 0 Å². The van der Waals surface area contributed by atoms with Crippen molar-refractivity contribution in [2.45, 2.75) is 6.54 Å². The van der Waals surface area contributed by atoms with Gasteiger partial charge in [-0.1, -0.05) is 5.16 Å². The Balaban J connectivity index is 2.34. The summed E-state index contributed by atoms with van der Waals surface area (Å²) in [5.74, 6) is 0.477. The van der Waals surface area contributed by atoms with E-state index in [1.54, 1.807) is 18.3 Å². The maximum atomic E-state index is 11.5. The number of nitrogens with zero attached hydrogens (tertiary/aromatic N) is 3. The minimum atomic E-state index is -0.114. The summed E-state index contributed by atoms with van der Waals surface area (Å²) >= 11 is 3.15. The molecule has 0 spiro atoms. The summed E-state index contributed by atoms with van der Waals surface area (Å²) in [5, 5.41) is 3.62. The lowest BCUT2D eigenvalue weighted by atomic mass is 10.4. The highest BCUT2D eigenvalue weighted by Gasteiger charge is 2.03. The molecule has 0 saturated heterocycles. The van der Waals surface area contributed by atoms with E-state index < -0.39 is 0 Å². The van der Waals surface area contributed by atoms with Gasteiger partial charge in [0.05, 0.1) is 11.0 Å². The Morgan fingerprint density at radius 2 is 2.43 bits per heavy atom. The van der Waals surface area contributed by atoms with Crippen LogP contribution >= 0.6 is 15.9 Å². The van der Waals surface area contributed by atoms with Gasteiger partial charge in [-0.15, -0.1) is 0 Å². The van der Waals surface area contributed by atoms with Crippen molar-refractivity contribution in [1.82, 2.24) is 14.7 Å². The lowest BCUT2D eigenvalue weighted by Gasteiger charge is -2.01. The maximum Gasteiger partial charge on any atom is 0.265 e. The van der Waals surface area contributed by atoms with Crippen LogP contribution in [0.1, 0.15) is 5.82 Å². The van der Waals surface area contributed by atoms with Gasteiger partial charge in [0, 0.05) is 6.20 Å². The number of pyridine rings is 1. The molecule has 0 aliphatic rings. The van der Waals surface area contributed by atoms with Crippen molar-refractivity contribution in [3.05, 3.63) is 45.4 Å². The van der Waals surface area contributed by atoms with Crippen LogP contribution < -0.4 is 5.56 Å². The molecule has 0 aromatic carbocycles. The minimum Gasteiger partial charge on any atom is -0.343 e. The molecule has 2 heterocycles. The highest BCUT2D eigenvalue weighted by molar-refractivity contribution is 9.10. The third-order valence-corrected chi connectivity index (χ3v) is 2.30. The lowest BCUT2D eigenvalue weighted by Crippen LogP contribution is -2.20. The molecule has 0 atom stereocenters. The highest BCUT2D eigenvalue weighted by atomic mass is 79.9. The van der Waals surface area contributed by atoms with Crippen molar-refractivity contribution in [1.29, 1.82) is 0 Å². The van der Waals surface area contributed by atoms with E-state index in [-0.39, 0.29) is 5.56 Å². The van der Waals surface area contributed by atoms with Crippen molar-refractivity contribution in [2.24, 2.45) is 0 Å². The lowest BCUT2D eigenvalue weighted by molar-refractivity contribution is 0.408. The average molecular weight is 256 g/mol. The second-order valence-corrected chi connectivity index (χ2v) is 3.49.